The van der Waals surface area contributed by atoms with Crippen molar-refractivity contribution in [3.63, 3.8) is 0 Å². The lowest BCUT2D eigenvalue weighted by molar-refractivity contribution is -0.116. The Labute approximate surface area is 783 Å². The minimum atomic E-state index is -4.14. The Balaban J connectivity index is 0.000000131. The van der Waals surface area contributed by atoms with E-state index in [-0.39, 0.29) is 31.1 Å². The lowest BCUT2D eigenvalue weighted by atomic mass is 10.1. The monoisotopic (exact) mass is 1940 g/mol. The van der Waals surface area contributed by atoms with Crippen LogP contribution in [0.2, 0.25) is 0 Å². The number of aryl methyl sites for hydroxylation is 1. The molecule has 0 unspecified atom stereocenters. The molecule has 0 radical (unpaired) electrons. The maximum absolute atomic E-state index is 13.7. The standard InChI is InChI=1S/C20H15NO2S.C19H17NO3S.C17H13F2NO3S.C17H15NO2S.C16H11F2NO2S.C16H12FNO2S/c22-24(23,18-13-12-15-6-1-2-8-17(15)14-18)21-20-11-5-9-16-7-3-4-10-19(16)20;1-14(21)13-15-9-11-17(12-10-15)24(22,23)20-19-8-4-6-16-5-2-3-7-18(16)19;18-17(19)23-13-7-4-8-14(11-13)24(21,22)20-16-10-3-6-12-5-1-2-9-15(12)16;1-13-7-2-5-12-17(13)21(19,20)18-16-11-6-9-14-8-3-4-10-15(14)16;17-12-8-9-16(14(18)10-12)22(20,21)19-15-7-3-5-11-4-1-2-6-13(11)15;17-13-8-10-14(11-9-13)21(19,20)18-16-7-3-5-12-4-1-2-6-15(12)16/h1-14,21H;2-12,20H,13H2,1H3;1-11,17,20H;2-12,18H,1H3;1-10,19H;1-11,18H. The molecule has 0 atom stereocenters. The highest BCUT2D eigenvalue weighted by Gasteiger charge is 2.25. The Bertz CT molecular complexity index is 8360. The van der Waals surface area contributed by atoms with Crippen LogP contribution in [-0.4, -0.2) is 62.9 Å². The number of anilines is 6. The van der Waals surface area contributed by atoms with Crippen molar-refractivity contribution >= 4 is 175 Å². The van der Waals surface area contributed by atoms with Crippen LogP contribution in [0.3, 0.4) is 0 Å². The van der Waals surface area contributed by atoms with Crippen LogP contribution in [-0.2, 0) is 71.4 Å². The molecular formula is C105H83F5N6O14S6. The number of carbonyl (C=O) groups is 1. The highest BCUT2D eigenvalue weighted by atomic mass is 32.2. The molecule has 19 aromatic rings. The summed E-state index contributed by atoms with van der Waals surface area (Å²) in [7, 11) is -22.7. The number of sulfonamides is 6. The number of ether oxygens (including phenoxy) is 1. The van der Waals surface area contributed by atoms with Gasteiger partial charge < -0.3 is 4.74 Å². The summed E-state index contributed by atoms with van der Waals surface area (Å²) >= 11 is 0. The van der Waals surface area contributed by atoms with Crippen LogP contribution in [0.1, 0.15) is 18.1 Å². The Kier molecular flexibility index (Phi) is 30.3. The first kappa shape index (κ1) is 96.7. The third-order valence-electron chi connectivity index (χ3n) is 21.0. The third kappa shape index (κ3) is 24.5. The van der Waals surface area contributed by atoms with Crippen molar-refractivity contribution in [3.8, 4) is 5.75 Å². The number of ketones is 1. The second-order valence-corrected chi connectivity index (χ2v) is 40.5. The van der Waals surface area contributed by atoms with Crippen molar-refractivity contribution in [2.75, 3.05) is 28.3 Å². The number of Topliss-reactive ketones (excluding diaryl/α,β-unsaturated/α-hetero) is 1. The first-order valence-electron chi connectivity index (χ1n) is 41.6. The van der Waals surface area contributed by atoms with Gasteiger partial charge in [-0.05, 0) is 183 Å². The first-order chi connectivity index (χ1) is 65.2. The fraction of sp³-hybridized carbons (Fsp3) is 0.0381. The molecule has 0 spiro atoms. The zero-order chi connectivity index (χ0) is 96.4. The maximum Gasteiger partial charge on any atom is 0.387 e. The molecule has 0 bridgehead atoms. The minimum absolute atomic E-state index is 0.0248. The smallest absolute Gasteiger partial charge is 0.387 e. The van der Waals surface area contributed by atoms with Crippen LogP contribution in [0.4, 0.5) is 56.1 Å². The summed E-state index contributed by atoms with van der Waals surface area (Å²) in [6.45, 7) is 0.277. The van der Waals surface area contributed by atoms with Gasteiger partial charge in [-0.1, -0.05) is 285 Å². The van der Waals surface area contributed by atoms with Crippen LogP contribution in [0.25, 0.3) is 75.4 Å². The predicted molar refractivity (Wildman–Crippen MR) is 530 cm³/mol. The molecule has 20 nitrogen and oxygen atoms in total. The molecule has 136 heavy (non-hydrogen) atoms. The van der Waals surface area contributed by atoms with Gasteiger partial charge in [0.15, 0.2) is 0 Å². The molecule has 0 aliphatic rings. The van der Waals surface area contributed by atoms with Gasteiger partial charge in [0.1, 0.15) is 33.9 Å². The predicted octanol–water partition coefficient (Wildman–Crippen LogP) is 24.5. The van der Waals surface area contributed by atoms with E-state index in [2.05, 4.69) is 33.1 Å². The number of rotatable bonds is 22. The summed E-state index contributed by atoms with van der Waals surface area (Å²) in [5.41, 5.74) is 4.49. The Morgan fingerprint density at radius 3 is 0.912 bits per heavy atom. The number of hydrogen-bond donors (Lipinski definition) is 6. The number of fused-ring (bicyclic) bond motifs is 7. The molecule has 19 rings (SSSR count). The largest absolute Gasteiger partial charge is 0.435 e. The molecule has 19 aromatic carbocycles. The van der Waals surface area contributed by atoms with E-state index < -0.39 is 89.1 Å². The van der Waals surface area contributed by atoms with Crippen LogP contribution in [0, 0.1) is 24.4 Å². The first-order valence-corrected chi connectivity index (χ1v) is 50.5. The second kappa shape index (κ2) is 42.7. The van der Waals surface area contributed by atoms with Crippen molar-refractivity contribution in [1.29, 1.82) is 0 Å². The minimum Gasteiger partial charge on any atom is -0.435 e. The molecule has 0 saturated heterocycles. The molecule has 0 heterocycles. The highest BCUT2D eigenvalue weighted by molar-refractivity contribution is 7.94. The zero-order valence-electron chi connectivity index (χ0n) is 72.1. The summed E-state index contributed by atoms with van der Waals surface area (Å²) < 4.78 is 234. The lowest BCUT2D eigenvalue weighted by Crippen LogP contribution is -2.15. The van der Waals surface area contributed by atoms with Crippen LogP contribution >= 0.6 is 0 Å². The molecule has 0 aromatic heterocycles. The van der Waals surface area contributed by atoms with Gasteiger partial charge in [-0.15, -0.1) is 0 Å². The average Bonchev–Trinajstić information content (AvgIpc) is 0.782. The van der Waals surface area contributed by atoms with E-state index in [9.17, 15) is 77.3 Å². The Hall–Kier alpha value is -15.4. The van der Waals surface area contributed by atoms with Crippen molar-refractivity contribution in [3.05, 3.63) is 441 Å². The lowest BCUT2D eigenvalue weighted by Gasteiger charge is -2.12. The molecule has 688 valence electrons. The van der Waals surface area contributed by atoms with Crippen molar-refractivity contribution < 1.29 is 82.0 Å². The van der Waals surface area contributed by atoms with E-state index in [0.717, 1.165) is 111 Å². The SMILES string of the molecule is CC(=O)Cc1ccc(S(=O)(=O)Nc2cccc3ccccc23)cc1.Cc1ccccc1S(=O)(=O)Nc1cccc2ccccc12.O=S(=O)(Nc1cccc2ccccc12)c1ccc(F)cc1.O=S(=O)(Nc1cccc2ccccc12)c1ccc(F)cc1F.O=S(=O)(Nc1cccc2ccccc12)c1ccc2ccccc2c1.O=S(=O)(Nc1cccc2ccccc12)c1cccc(OC(F)F)c1. The van der Waals surface area contributed by atoms with Gasteiger partial charge in [0, 0.05) is 50.9 Å². The van der Waals surface area contributed by atoms with E-state index in [1.165, 1.54) is 49.4 Å². The Morgan fingerprint density at radius 1 is 0.265 bits per heavy atom. The topological polar surface area (TPSA) is 303 Å². The quantitative estimate of drug-likeness (QED) is 0.0344. The van der Waals surface area contributed by atoms with E-state index in [0.29, 0.717) is 56.9 Å². The number of benzene rings is 19. The summed E-state index contributed by atoms with van der Waals surface area (Å²) in [6.07, 6.45) is 0.303. The maximum atomic E-state index is 13.7. The van der Waals surface area contributed by atoms with E-state index in [1.807, 2.05) is 212 Å². The number of hydrogen-bond acceptors (Lipinski definition) is 14. The summed E-state index contributed by atoms with van der Waals surface area (Å²) in [6, 6.07) is 116. The van der Waals surface area contributed by atoms with E-state index in [1.54, 1.807) is 128 Å². The summed E-state index contributed by atoms with van der Waals surface area (Å²) in [4.78, 5) is 11.1. The van der Waals surface area contributed by atoms with Crippen molar-refractivity contribution in [1.82, 2.24) is 0 Å². The summed E-state index contributed by atoms with van der Waals surface area (Å²) in [5.74, 6) is -2.61. The van der Waals surface area contributed by atoms with Crippen LogP contribution < -0.4 is 33.1 Å². The molecule has 6 N–H and O–H groups in total. The van der Waals surface area contributed by atoms with E-state index in [4.69, 9.17) is 0 Å². The fourth-order valence-electron chi connectivity index (χ4n) is 14.5. The van der Waals surface area contributed by atoms with Crippen LogP contribution in [0.5, 0.6) is 5.75 Å². The van der Waals surface area contributed by atoms with E-state index >= 15 is 0 Å². The van der Waals surface area contributed by atoms with Gasteiger partial charge >= 0.3 is 6.61 Å². The summed E-state index contributed by atoms with van der Waals surface area (Å²) in [5, 5.41) is 12.4. The van der Waals surface area contributed by atoms with Gasteiger partial charge in [-0.2, -0.15) is 8.78 Å². The normalized spacial score (nSPS) is 11.5. The number of carbonyl (C=O) groups excluding carboxylic acids is 1. The van der Waals surface area contributed by atoms with Crippen LogP contribution in [0.15, 0.2) is 442 Å². The number of alkyl halides is 2. The molecule has 0 saturated carbocycles. The molecule has 0 fully saturated rings. The second-order valence-electron chi connectivity index (χ2n) is 30.5. The van der Waals surface area contributed by atoms with Gasteiger partial charge in [-0.25, -0.2) is 63.7 Å². The molecule has 0 aliphatic heterocycles. The molecule has 0 amide bonds. The average molecular weight is 1940 g/mol. The Morgan fingerprint density at radius 2 is 0.551 bits per heavy atom. The fourth-order valence-corrected chi connectivity index (χ4v) is 21.3. The highest BCUT2D eigenvalue weighted by Crippen LogP contribution is 2.35. The molecule has 31 heteroatoms. The number of halogens is 5. The van der Waals surface area contributed by atoms with Gasteiger partial charge in [0.2, 0.25) is 0 Å². The zero-order valence-corrected chi connectivity index (χ0v) is 77.0. The van der Waals surface area contributed by atoms with Crippen molar-refractivity contribution in [2.24, 2.45) is 0 Å². The van der Waals surface area contributed by atoms with Gasteiger partial charge in [-0.3, -0.25) is 33.1 Å². The molecule has 0 aliphatic carbocycles. The molecular weight excluding hydrogens is 1860 g/mol. The van der Waals surface area contributed by atoms with Gasteiger partial charge in [0.25, 0.3) is 60.1 Å². The van der Waals surface area contributed by atoms with Crippen molar-refractivity contribution in [2.45, 2.75) is 56.3 Å². The third-order valence-corrected chi connectivity index (χ3v) is 29.4. The number of nitrogens with one attached hydrogen (secondary N) is 6. The van der Waals surface area contributed by atoms with Gasteiger partial charge in [0.05, 0.1) is 58.6 Å².